The first-order valence-electron chi connectivity index (χ1n) is 6.29. The van der Waals surface area contributed by atoms with Crippen LogP contribution in [0.25, 0.3) is 0 Å². The van der Waals surface area contributed by atoms with Gasteiger partial charge in [-0.1, -0.05) is 13.3 Å². The van der Waals surface area contributed by atoms with Crippen molar-refractivity contribution in [2.24, 2.45) is 17.3 Å². The average molecular weight is 233 g/mol. The van der Waals surface area contributed by atoms with Crippen LogP contribution < -0.4 is 0 Å². The van der Waals surface area contributed by atoms with Crippen LogP contribution in [0.5, 0.6) is 0 Å². The summed E-state index contributed by atoms with van der Waals surface area (Å²) >= 11 is 0. The third kappa shape index (κ3) is 6.74. The highest BCUT2D eigenvalue weighted by Gasteiger charge is 2.23. The Morgan fingerprint density at radius 1 is 1.24 bits per heavy atom. The molecule has 94 valence electrons. The Hall–Kier alpha value is -1.35. The van der Waals surface area contributed by atoms with Crippen LogP contribution in [-0.2, 0) is 0 Å². The van der Waals surface area contributed by atoms with Gasteiger partial charge in [-0.15, -0.1) is 0 Å². The van der Waals surface area contributed by atoms with E-state index in [9.17, 15) is 5.26 Å². The largest absolute Gasteiger partial charge is 0.313 e. The summed E-state index contributed by atoms with van der Waals surface area (Å²) in [6.45, 7) is 5.91. The minimum atomic E-state index is -0.299. The summed E-state index contributed by atoms with van der Waals surface area (Å²) < 4.78 is 0. The van der Waals surface area contributed by atoms with Gasteiger partial charge in [-0.2, -0.15) is 10.5 Å². The topological polar surface area (TPSA) is 71.4 Å². The fourth-order valence-electron chi connectivity index (χ4n) is 1.73. The first kappa shape index (κ1) is 15.7. The molecule has 0 aliphatic rings. The Balaban J connectivity index is 4.07. The highest BCUT2D eigenvalue weighted by Crippen LogP contribution is 2.31. The highest BCUT2D eigenvalue weighted by atomic mass is 14.4. The highest BCUT2D eigenvalue weighted by molar-refractivity contribution is 5.55. The van der Waals surface area contributed by atoms with Crippen molar-refractivity contribution in [1.82, 2.24) is 0 Å². The zero-order chi connectivity index (χ0) is 13.3. The molecule has 3 atom stereocenters. The van der Waals surface area contributed by atoms with E-state index in [1.165, 1.54) is 6.21 Å². The normalized spacial score (nSPS) is 17.2. The Bertz CT molecular complexity index is 310. The number of nitriles is 2. The molecule has 0 rings (SSSR count). The van der Waals surface area contributed by atoms with Crippen LogP contribution in [0.1, 0.15) is 52.9 Å². The van der Waals surface area contributed by atoms with Gasteiger partial charge in [-0.25, -0.2) is 0 Å². The Morgan fingerprint density at radius 3 is 2.35 bits per heavy atom. The lowest BCUT2D eigenvalue weighted by atomic mass is 9.80. The molecule has 0 spiro atoms. The maximum atomic E-state index is 9.22. The predicted octanol–water partition coefficient (Wildman–Crippen LogP) is 3.91. The molecule has 0 radical (unpaired) electrons. The quantitative estimate of drug-likeness (QED) is 0.645. The SMILES string of the molecule is CC(C#N)CCCC(C)(C#N)CCC(C)C=N. The van der Waals surface area contributed by atoms with Crippen LogP contribution in [0.2, 0.25) is 0 Å². The van der Waals surface area contributed by atoms with Gasteiger partial charge in [0, 0.05) is 5.92 Å². The Kier molecular flexibility index (Phi) is 7.22. The van der Waals surface area contributed by atoms with Crippen LogP contribution in [0.3, 0.4) is 0 Å². The molecule has 0 aromatic rings. The van der Waals surface area contributed by atoms with Gasteiger partial charge < -0.3 is 5.41 Å². The number of rotatable bonds is 8. The summed E-state index contributed by atoms with van der Waals surface area (Å²) in [6.07, 6.45) is 5.81. The molecular formula is C14H23N3. The molecule has 0 heterocycles. The lowest BCUT2D eigenvalue weighted by molar-refractivity contribution is 0.332. The van der Waals surface area contributed by atoms with E-state index >= 15 is 0 Å². The van der Waals surface area contributed by atoms with Crippen molar-refractivity contribution in [3.63, 3.8) is 0 Å². The monoisotopic (exact) mass is 233 g/mol. The number of hydrogen-bond donors (Lipinski definition) is 1. The van der Waals surface area contributed by atoms with Crippen LogP contribution in [0, 0.1) is 45.3 Å². The summed E-state index contributed by atoms with van der Waals surface area (Å²) in [5, 5.41) is 25.1. The summed E-state index contributed by atoms with van der Waals surface area (Å²) in [5.41, 5.74) is -0.299. The van der Waals surface area contributed by atoms with Crippen molar-refractivity contribution >= 4 is 6.21 Å². The van der Waals surface area contributed by atoms with E-state index in [0.717, 1.165) is 32.1 Å². The van der Waals surface area contributed by atoms with Crippen LogP contribution in [0.4, 0.5) is 0 Å². The molecule has 0 saturated carbocycles. The van der Waals surface area contributed by atoms with E-state index < -0.39 is 0 Å². The zero-order valence-electron chi connectivity index (χ0n) is 11.2. The Labute approximate surface area is 105 Å². The summed E-state index contributed by atoms with van der Waals surface area (Å²) in [5.74, 6) is 0.333. The van der Waals surface area contributed by atoms with Gasteiger partial charge in [0.2, 0.25) is 0 Å². The second-order valence-corrected chi connectivity index (χ2v) is 5.28. The minimum Gasteiger partial charge on any atom is -0.313 e. The van der Waals surface area contributed by atoms with Crippen molar-refractivity contribution in [3.8, 4) is 12.1 Å². The van der Waals surface area contributed by atoms with E-state index in [4.69, 9.17) is 10.7 Å². The maximum Gasteiger partial charge on any atom is 0.0686 e. The zero-order valence-corrected chi connectivity index (χ0v) is 11.2. The van der Waals surface area contributed by atoms with Gasteiger partial charge in [-0.3, -0.25) is 0 Å². The molecule has 0 saturated heterocycles. The second-order valence-electron chi connectivity index (χ2n) is 5.28. The minimum absolute atomic E-state index is 0.0819. The van der Waals surface area contributed by atoms with Crippen molar-refractivity contribution in [3.05, 3.63) is 0 Å². The first-order valence-corrected chi connectivity index (χ1v) is 6.29. The van der Waals surface area contributed by atoms with Crippen molar-refractivity contribution < 1.29 is 0 Å². The molecule has 0 aliphatic heterocycles. The van der Waals surface area contributed by atoms with Crippen LogP contribution in [0.15, 0.2) is 0 Å². The van der Waals surface area contributed by atoms with Gasteiger partial charge in [0.15, 0.2) is 0 Å². The van der Waals surface area contributed by atoms with Crippen molar-refractivity contribution in [2.45, 2.75) is 52.9 Å². The number of hydrogen-bond acceptors (Lipinski definition) is 3. The van der Waals surface area contributed by atoms with Crippen molar-refractivity contribution in [1.29, 1.82) is 15.9 Å². The van der Waals surface area contributed by atoms with Crippen molar-refractivity contribution in [2.75, 3.05) is 0 Å². The van der Waals surface area contributed by atoms with Gasteiger partial charge in [0.25, 0.3) is 0 Å². The molecule has 0 amide bonds. The molecule has 3 heteroatoms. The fraction of sp³-hybridized carbons (Fsp3) is 0.786. The van der Waals surface area contributed by atoms with Gasteiger partial charge in [0.05, 0.1) is 17.6 Å². The summed E-state index contributed by atoms with van der Waals surface area (Å²) in [4.78, 5) is 0. The molecule has 17 heavy (non-hydrogen) atoms. The molecule has 0 fully saturated rings. The molecule has 0 bridgehead atoms. The number of nitrogens with one attached hydrogen (secondary N) is 1. The van der Waals surface area contributed by atoms with E-state index in [2.05, 4.69) is 12.1 Å². The lowest BCUT2D eigenvalue weighted by Crippen LogP contribution is -2.15. The van der Waals surface area contributed by atoms with Gasteiger partial charge >= 0.3 is 0 Å². The molecular weight excluding hydrogens is 210 g/mol. The molecule has 1 N–H and O–H groups in total. The predicted molar refractivity (Wildman–Crippen MR) is 69.5 cm³/mol. The first-order chi connectivity index (χ1) is 7.97. The van der Waals surface area contributed by atoms with E-state index in [1.54, 1.807) is 0 Å². The Morgan fingerprint density at radius 2 is 1.88 bits per heavy atom. The molecule has 3 nitrogen and oxygen atoms in total. The molecule has 3 unspecified atom stereocenters. The van der Waals surface area contributed by atoms with E-state index in [1.807, 2.05) is 20.8 Å². The van der Waals surface area contributed by atoms with Crippen LogP contribution in [-0.4, -0.2) is 6.21 Å². The van der Waals surface area contributed by atoms with Gasteiger partial charge in [-0.05, 0) is 51.7 Å². The number of nitrogens with zero attached hydrogens (tertiary/aromatic N) is 2. The summed E-state index contributed by atoms with van der Waals surface area (Å²) in [6, 6.07) is 4.61. The molecule has 0 aliphatic carbocycles. The third-order valence-electron chi connectivity index (χ3n) is 3.29. The third-order valence-corrected chi connectivity index (χ3v) is 3.29. The van der Waals surface area contributed by atoms with E-state index in [-0.39, 0.29) is 17.3 Å². The van der Waals surface area contributed by atoms with E-state index in [0.29, 0.717) is 0 Å². The average Bonchev–Trinajstić information content (AvgIpc) is 2.35. The summed E-state index contributed by atoms with van der Waals surface area (Å²) in [7, 11) is 0. The smallest absolute Gasteiger partial charge is 0.0686 e. The second kappa shape index (κ2) is 7.85. The maximum absolute atomic E-state index is 9.22. The fourth-order valence-corrected chi connectivity index (χ4v) is 1.73. The molecule has 0 aromatic heterocycles. The van der Waals surface area contributed by atoms with Gasteiger partial charge in [0.1, 0.15) is 0 Å². The lowest BCUT2D eigenvalue weighted by Gasteiger charge is -2.22. The van der Waals surface area contributed by atoms with Crippen LogP contribution >= 0.6 is 0 Å². The standard InChI is InChI=1S/C14H23N3/c1-12(9-15)5-4-7-14(3,11-17)8-6-13(2)10-16/h10,12-13,16H,4-8H2,1-3H3. The molecule has 0 aromatic carbocycles.